The maximum absolute atomic E-state index is 15.1. The zero-order valence-electron chi connectivity index (χ0n) is 27.7. The molecule has 2 aromatic carbocycles. The number of hydrogen-bond donors (Lipinski definition) is 1. The minimum absolute atomic E-state index is 0.153. The van der Waals surface area contributed by atoms with Crippen LogP contribution in [0.5, 0.6) is 0 Å². The van der Waals surface area contributed by atoms with Crippen molar-refractivity contribution < 1.29 is 29.0 Å². The number of ether oxygens (including phenoxy) is 2. The predicted molar refractivity (Wildman–Crippen MR) is 179 cm³/mol. The van der Waals surface area contributed by atoms with Gasteiger partial charge in [0.05, 0.1) is 43.3 Å². The summed E-state index contributed by atoms with van der Waals surface area (Å²) in [6.07, 6.45) is 8.62. The summed E-state index contributed by atoms with van der Waals surface area (Å²) < 4.78 is 12.7. The van der Waals surface area contributed by atoms with Gasteiger partial charge in [-0.1, -0.05) is 91.9 Å². The molecule has 254 valence electrons. The Labute approximate surface area is 282 Å². The maximum atomic E-state index is 15.1. The summed E-state index contributed by atoms with van der Waals surface area (Å²) in [4.78, 5) is 52.2. The Balaban J connectivity index is 1.28. The number of hydrogen-bond acceptors (Lipinski definition) is 7. The summed E-state index contributed by atoms with van der Waals surface area (Å²) in [6, 6.07) is 17.8. The summed E-state index contributed by atoms with van der Waals surface area (Å²) in [5, 5.41) is 10.9. The second-order valence-electron chi connectivity index (χ2n) is 13.6. The summed E-state index contributed by atoms with van der Waals surface area (Å²) >= 11 is 0. The van der Waals surface area contributed by atoms with Crippen molar-refractivity contribution in [1.29, 1.82) is 0 Å². The Morgan fingerprint density at radius 3 is 2.17 bits per heavy atom. The van der Waals surface area contributed by atoms with Crippen LogP contribution in [-0.2, 0) is 36.8 Å². The molecule has 7 rings (SSSR count). The molecule has 1 N–H and O–H groups in total. The molecule has 5 aliphatic heterocycles. The molecule has 48 heavy (non-hydrogen) atoms. The first-order valence-corrected chi connectivity index (χ1v) is 17.3. The van der Waals surface area contributed by atoms with Crippen LogP contribution < -0.4 is 0 Å². The molecule has 2 aromatic rings. The van der Waals surface area contributed by atoms with Gasteiger partial charge in [-0.05, 0) is 24.0 Å². The Morgan fingerprint density at radius 2 is 1.48 bits per heavy atom. The lowest BCUT2D eigenvalue weighted by Crippen LogP contribution is -2.59. The van der Waals surface area contributed by atoms with Crippen LogP contribution in [0, 0.1) is 11.8 Å². The van der Waals surface area contributed by atoms with E-state index < -0.39 is 35.1 Å². The SMILES string of the molecule is CC[C@@]12C=CCN(Cc3ccccc3)C(=O)[C@@H]1[C@H]1C(=O)N([C@@H](CO)Cc3ccccc3)C3C(=O)N(CCN4CCOCC4)CC=C[C@@]31O2. The molecule has 3 fully saturated rings. The molecule has 1 unspecified atom stereocenters. The number of rotatable bonds is 10. The Kier molecular flexibility index (Phi) is 9.26. The van der Waals surface area contributed by atoms with Gasteiger partial charge in [0.15, 0.2) is 0 Å². The molecule has 5 heterocycles. The average molecular weight is 655 g/mol. The number of carbonyl (C=O) groups is 3. The molecule has 1 spiro atoms. The van der Waals surface area contributed by atoms with E-state index in [1.165, 1.54) is 0 Å². The first-order valence-electron chi connectivity index (χ1n) is 17.3. The highest BCUT2D eigenvalue weighted by Crippen LogP contribution is 2.59. The molecule has 5 aliphatic rings. The van der Waals surface area contributed by atoms with E-state index in [1.807, 2.05) is 91.9 Å². The van der Waals surface area contributed by atoms with Gasteiger partial charge in [0, 0.05) is 45.8 Å². The molecule has 6 atom stereocenters. The fourth-order valence-corrected chi connectivity index (χ4v) is 8.56. The van der Waals surface area contributed by atoms with Crippen LogP contribution in [0.3, 0.4) is 0 Å². The zero-order valence-corrected chi connectivity index (χ0v) is 27.7. The van der Waals surface area contributed by atoms with E-state index in [2.05, 4.69) is 4.90 Å². The molecular formula is C38H46N4O6. The number of fused-ring (bicyclic) bond motifs is 2. The highest BCUT2D eigenvalue weighted by atomic mass is 16.5. The van der Waals surface area contributed by atoms with E-state index in [0.29, 0.717) is 58.8 Å². The molecule has 0 saturated carbocycles. The van der Waals surface area contributed by atoms with Gasteiger partial charge in [-0.3, -0.25) is 19.3 Å². The van der Waals surface area contributed by atoms with Crippen molar-refractivity contribution in [3.8, 4) is 0 Å². The van der Waals surface area contributed by atoms with Crippen LogP contribution in [0.4, 0.5) is 0 Å². The summed E-state index contributed by atoms with van der Waals surface area (Å²) in [7, 11) is 0. The first-order chi connectivity index (χ1) is 23.4. The van der Waals surface area contributed by atoms with Gasteiger partial charge in [0.25, 0.3) is 0 Å². The number of morpholine rings is 1. The third kappa shape index (κ3) is 5.68. The molecule has 0 aliphatic carbocycles. The van der Waals surface area contributed by atoms with Gasteiger partial charge < -0.3 is 29.3 Å². The number of aliphatic hydroxyl groups is 1. The van der Waals surface area contributed by atoms with Crippen molar-refractivity contribution >= 4 is 17.7 Å². The molecule has 0 aromatic heterocycles. The van der Waals surface area contributed by atoms with E-state index in [0.717, 1.165) is 24.2 Å². The van der Waals surface area contributed by atoms with E-state index in [1.54, 1.807) is 14.7 Å². The quantitative estimate of drug-likeness (QED) is 0.393. The minimum Gasteiger partial charge on any atom is -0.394 e. The first kappa shape index (κ1) is 32.7. The summed E-state index contributed by atoms with van der Waals surface area (Å²) in [6.45, 7) is 6.93. The van der Waals surface area contributed by atoms with Crippen molar-refractivity contribution in [2.75, 3.05) is 59.1 Å². The van der Waals surface area contributed by atoms with Crippen LogP contribution in [-0.4, -0.2) is 125 Å². The van der Waals surface area contributed by atoms with Gasteiger partial charge in [0.1, 0.15) is 11.6 Å². The lowest BCUT2D eigenvalue weighted by molar-refractivity contribution is -0.157. The number of likely N-dealkylation sites (tertiary alicyclic amines) is 1. The van der Waals surface area contributed by atoms with E-state index in [9.17, 15) is 14.7 Å². The highest BCUT2D eigenvalue weighted by Gasteiger charge is 2.75. The number of amides is 3. The zero-order chi connectivity index (χ0) is 33.3. The average Bonchev–Trinajstić information content (AvgIpc) is 3.42. The number of carbonyl (C=O) groups excluding carboxylic acids is 3. The smallest absolute Gasteiger partial charge is 0.249 e. The van der Waals surface area contributed by atoms with Gasteiger partial charge in [0.2, 0.25) is 17.7 Å². The van der Waals surface area contributed by atoms with E-state index in [-0.39, 0.29) is 24.3 Å². The van der Waals surface area contributed by atoms with Crippen molar-refractivity contribution in [3.05, 3.63) is 96.1 Å². The molecule has 10 heteroatoms. The van der Waals surface area contributed by atoms with Crippen molar-refractivity contribution in [2.24, 2.45) is 11.8 Å². The van der Waals surface area contributed by atoms with Crippen molar-refractivity contribution in [3.63, 3.8) is 0 Å². The van der Waals surface area contributed by atoms with Crippen LogP contribution >= 0.6 is 0 Å². The molecule has 0 radical (unpaired) electrons. The van der Waals surface area contributed by atoms with Gasteiger partial charge >= 0.3 is 0 Å². The van der Waals surface area contributed by atoms with E-state index in [4.69, 9.17) is 9.47 Å². The molecule has 3 amide bonds. The largest absolute Gasteiger partial charge is 0.394 e. The van der Waals surface area contributed by atoms with Crippen LogP contribution in [0.1, 0.15) is 24.5 Å². The Hall–Kier alpha value is -3.83. The van der Waals surface area contributed by atoms with E-state index >= 15 is 4.79 Å². The predicted octanol–water partition coefficient (Wildman–Crippen LogP) is 2.28. The van der Waals surface area contributed by atoms with Gasteiger partial charge in [-0.15, -0.1) is 0 Å². The third-order valence-corrected chi connectivity index (χ3v) is 11.0. The van der Waals surface area contributed by atoms with Crippen molar-refractivity contribution in [1.82, 2.24) is 19.6 Å². The Bertz CT molecular complexity index is 1540. The molecular weight excluding hydrogens is 608 g/mol. The number of aliphatic hydroxyl groups excluding tert-OH is 1. The van der Waals surface area contributed by atoms with Gasteiger partial charge in [-0.2, -0.15) is 0 Å². The van der Waals surface area contributed by atoms with Crippen LogP contribution in [0.25, 0.3) is 0 Å². The second-order valence-corrected chi connectivity index (χ2v) is 13.6. The minimum atomic E-state index is -1.37. The topological polar surface area (TPSA) is 103 Å². The van der Waals surface area contributed by atoms with Crippen molar-refractivity contribution in [2.45, 2.75) is 49.6 Å². The number of nitrogens with zero attached hydrogens (tertiary/aromatic N) is 4. The number of benzene rings is 2. The second kappa shape index (κ2) is 13.6. The van der Waals surface area contributed by atoms with Gasteiger partial charge in [-0.25, -0.2) is 0 Å². The summed E-state index contributed by atoms with van der Waals surface area (Å²) in [5.74, 6) is -2.44. The third-order valence-electron chi connectivity index (χ3n) is 11.0. The van der Waals surface area contributed by atoms with Crippen LogP contribution in [0.15, 0.2) is 85.0 Å². The monoisotopic (exact) mass is 654 g/mol. The Morgan fingerprint density at radius 1 is 0.812 bits per heavy atom. The highest BCUT2D eigenvalue weighted by molar-refractivity contribution is 6.00. The lowest BCUT2D eigenvalue weighted by Gasteiger charge is -2.41. The maximum Gasteiger partial charge on any atom is 0.249 e. The molecule has 10 nitrogen and oxygen atoms in total. The fraction of sp³-hybridized carbons (Fsp3) is 0.500. The normalized spacial score (nSPS) is 31.0. The summed E-state index contributed by atoms with van der Waals surface area (Å²) in [5.41, 5.74) is -0.488. The standard InChI is InChI=1S/C38H46N4O6/c1-2-37-15-9-18-41(26-29-13-7-4-8-14-29)34(44)31(37)32-35(45)42(30(27-43)25-28-11-5-3-6-12-28)33-36(46)40(17-10-16-38(32,33)48-37)20-19-39-21-23-47-24-22-39/h3-16,30-33,43H,2,17-27H2,1H3/t30-,31+,32+,33?,37-,38+/m1/s1. The molecule has 3 saturated heterocycles. The molecule has 0 bridgehead atoms. The fourth-order valence-electron chi connectivity index (χ4n) is 8.56. The lowest BCUT2D eigenvalue weighted by atomic mass is 9.73. The van der Waals surface area contributed by atoms with Crippen LogP contribution in [0.2, 0.25) is 0 Å².